The molecule has 1 aliphatic heterocycles. The molecular formula is C6H10BClO2. The van der Waals surface area contributed by atoms with Gasteiger partial charge in [-0.15, -0.1) is 11.6 Å². The SMILES string of the molecule is ClCC/C=C/B1OCCO1. The quantitative estimate of drug-likeness (QED) is 0.457. The lowest BCUT2D eigenvalue weighted by molar-refractivity contribution is 0.365. The van der Waals surface area contributed by atoms with Crippen LogP contribution in [0.4, 0.5) is 0 Å². The summed E-state index contributed by atoms with van der Waals surface area (Å²) in [5.74, 6) is 2.55. The molecule has 4 heteroatoms. The normalized spacial score (nSPS) is 19.1. The fourth-order valence-corrected chi connectivity index (χ4v) is 0.884. The van der Waals surface area contributed by atoms with Gasteiger partial charge in [0.25, 0.3) is 0 Å². The van der Waals surface area contributed by atoms with Gasteiger partial charge in [-0.3, -0.25) is 0 Å². The van der Waals surface area contributed by atoms with Crippen LogP contribution in [0.5, 0.6) is 0 Å². The summed E-state index contributed by atoms with van der Waals surface area (Å²) in [6.07, 6.45) is 2.85. The Morgan fingerprint density at radius 3 is 2.70 bits per heavy atom. The molecule has 0 bridgehead atoms. The Balaban J connectivity index is 2.10. The van der Waals surface area contributed by atoms with Crippen LogP contribution in [0.3, 0.4) is 0 Å². The third kappa shape index (κ3) is 2.73. The molecule has 1 fully saturated rings. The number of allylic oxidation sites excluding steroid dienone is 1. The fourth-order valence-electron chi connectivity index (χ4n) is 0.758. The van der Waals surface area contributed by atoms with E-state index in [9.17, 15) is 0 Å². The van der Waals surface area contributed by atoms with E-state index < -0.39 is 0 Å². The Morgan fingerprint density at radius 2 is 2.10 bits per heavy atom. The molecule has 0 radical (unpaired) electrons. The largest absolute Gasteiger partial charge is 0.485 e. The lowest BCUT2D eigenvalue weighted by Gasteiger charge is -1.93. The Hall–Kier alpha value is 0.0149. The van der Waals surface area contributed by atoms with Gasteiger partial charge >= 0.3 is 7.12 Å². The molecule has 1 aliphatic rings. The zero-order valence-electron chi connectivity index (χ0n) is 5.75. The minimum Gasteiger partial charge on any atom is -0.405 e. The van der Waals surface area contributed by atoms with E-state index in [0.717, 1.165) is 6.42 Å². The van der Waals surface area contributed by atoms with Gasteiger partial charge in [-0.2, -0.15) is 0 Å². The Bertz CT molecular complexity index is 112. The maximum Gasteiger partial charge on any atom is 0.485 e. The summed E-state index contributed by atoms with van der Waals surface area (Å²) in [5.41, 5.74) is 0. The highest BCUT2D eigenvalue weighted by molar-refractivity contribution is 6.51. The van der Waals surface area contributed by atoms with Crippen LogP contribution < -0.4 is 0 Å². The average Bonchev–Trinajstić information content (AvgIpc) is 2.41. The number of halogens is 1. The molecule has 0 aliphatic carbocycles. The van der Waals surface area contributed by atoms with E-state index >= 15 is 0 Å². The first-order chi connectivity index (χ1) is 4.93. The van der Waals surface area contributed by atoms with Crippen molar-refractivity contribution in [3.63, 3.8) is 0 Å². The maximum atomic E-state index is 5.45. The molecular weight excluding hydrogens is 150 g/mol. The second kappa shape index (κ2) is 4.77. The third-order valence-corrected chi connectivity index (χ3v) is 1.43. The third-order valence-electron chi connectivity index (χ3n) is 1.22. The van der Waals surface area contributed by atoms with Gasteiger partial charge < -0.3 is 9.31 Å². The number of hydrogen-bond acceptors (Lipinski definition) is 2. The molecule has 1 rings (SSSR count). The van der Waals surface area contributed by atoms with Gasteiger partial charge in [-0.25, -0.2) is 0 Å². The van der Waals surface area contributed by atoms with Crippen LogP contribution in [0.15, 0.2) is 12.1 Å². The average molecular weight is 160 g/mol. The molecule has 0 aromatic heterocycles. The number of hydrogen-bond donors (Lipinski definition) is 0. The van der Waals surface area contributed by atoms with Crippen LogP contribution in [0.25, 0.3) is 0 Å². The second-order valence-corrected chi connectivity index (χ2v) is 2.39. The van der Waals surface area contributed by atoms with E-state index in [-0.39, 0.29) is 7.12 Å². The predicted molar refractivity (Wildman–Crippen MR) is 42.1 cm³/mol. The van der Waals surface area contributed by atoms with Crippen molar-refractivity contribution in [2.75, 3.05) is 19.1 Å². The lowest BCUT2D eigenvalue weighted by Crippen LogP contribution is -2.09. The van der Waals surface area contributed by atoms with Crippen LogP contribution in [0, 0.1) is 0 Å². The van der Waals surface area contributed by atoms with Crippen molar-refractivity contribution in [2.45, 2.75) is 6.42 Å². The number of alkyl halides is 1. The molecule has 56 valence electrons. The molecule has 0 N–H and O–H groups in total. The van der Waals surface area contributed by atoms with Crippen LogP contribution in [-0.2, 0) is 9.31 Å². The molecule has 0 unspecified atom stereocenters. The summed E-state index contributed by atoms with van der Waals surface area (Å²) in [5, 5.41) is 0. The monoisotopic (exact) mass is 160 g/mol. The van der Waals surface area contributed by atoms with Gasteiger partial charge in [0, 0.05) is 5.88 Å². The minimum atomic E-state index is -0.122. The van der Waals surface area contributed by atoms with Crippen LogP contribution in [0.2, 0.25) is 0 Å². The highest BCUT2D eigenvalue weighted by Crippen LogP contribution is 2.00. The van der Waals surface area contributed by atoms with Gasteiger partial charge in [-0.1, -0.05) is 12.1 Å². The van der Waals surface area contributed by atoms with Crippen molar-refractivity contribution in [3.05, 3.63) is 12.1 Å². The van der Waals surface area contributed by atoms with E-state index in [1.807, 2.05) is 12.1 Å². The fraction of sp³-hybridized carbons (Fsp3) is 0.667. The molecule has 0 aromatic rings. The van der Waals surface area contributed by atoms with Crippen molar-refractivity contribution in [1.82, 2.24) is 0 Å². The first-order valence-electron chi connectivity index (χ1n) is 3.39. The summed E-state index contributed by atoms with van der Waals surface area (Å²) in [7, 11) is -0.122. The summed E-state index contributed by atoms with van der Waals surface area (Å²) in [6, 6.07) is 0. The summed E-state index contributed by atoms with van der Waals surface area (Å²) >= 11 is 5.45. The second-order valence-electron chi connectivity index (χ2n) is 2.02. The molecule has 0 amide bonds. The van der Waals surface area contributed by atoms with Crippen molar-refractivity contribution in [2.24, 2.45) is 0 Å². The molecule has 2 nitrogen and oxygen atoms in total. The van der Waals surface area contributed by atoms with Gasteiger partial charge in [0.05, 0.1) is 13.2 Å². The van der Waals surface area contributed by atoms with Gasteiger partial charge in [-0.05, 0) is 6.42 Å². The molecule has 10 heavy (non-hydrogen) atoms. The minimum absolute atomic E-state index is 0.122. The first-order valence-corrected chi connectivity index (χ1v) is 3.93. The first kappa shape index (κ1) is 8.11. The van der Waals surface area contributed by atoms with Crippen molar-refractivity contribution >= 4 is 18.7 Å². The van der Waals surface area contributed by atoms with E-state index in [4.69, 9.17) is 20.9 Å². The standard InChI is InChI=1S/C6H10BClO2/c8-4-2-1-3-7-9-5-6-10-7/h1,3H,2,4-6H2/b3-1+. The number of rotatable bonds is 3. The summed E-state index contributed by atoms with van der Waals surface area (Å²) in [4.78, 5) is 0. The zero-order valence-corrected chi connectivity index (χ0v) is 6.51. The maximum absolute atomic E-state index is 5.45. The van der Waals surface area contributed by atoms with Crippen LogP contribution in [0.1, 0.15) is 6.42 Å². The Kier molecular flexibility index (Phi) is 3.87. The van der Waals surface area contributed by atoms with E-state index in [1.165, 1.54) is 0 Å². The van der Waals surface area contributed by atoms with E-state index in [2.05, 4.69) is 0 Å². The van der Waals surface area contributed by atoms with E-state index in [0.29, 0.717) is 19.1 Å². The molecule has 0 saturated carbocycles. The molecule has 0 spiro atoms. The Morgan fingerprint density at radius 1 is 1.40 bits per heavy atom. The Labute approximate surface area is 66.3 Å². The van der Waals surface area contributed by atoms with Crippen LogP contribution in [-0.4, -0.2) is 26.2 Å². The molecule has 0 aromatic carbocycles. The van der Waals surface area contributed by atoms with Crippen molar-refractivity contribution < 1.29 is 9.31 Å². The lowest BCUT2D eigenvalue weighted by atomic mass is 9.90. The topological polar surface area (TPSA) is 18.5 Å². The summed E-state index contributed by atoms with van der Waals surface area (Å²) in [6.45, 7) is 1.41. The smallest absolute Gasteiger partial charge is 0.405 e. The van der Waals surface area contributed by atoms with Crippen molar-refractivity contribution in [3.8, 4) is 0 Å². The van der Waals surface area contributed by atoms with Gasteiger partial charge in [0.2, 0.25) is 0 Å². The summed E-state index contributed by atoms with van der Waals surface area (Å²) < 4.78 is 10.3. The molecule has 1 heterocycles. The van der Waals surface area contributed by atoms with E-state index in [1.54, 1.807) is 0 Å². The molecule has 0 atom stereocenters. The highest BCUT2D eigenvalue weighted by Gasteiger charge is 2.18. The van der Waals surface area contributed by atoms with Crippen LogP contribution >= 0.6 is 11.6 Å². The zero-order chi connectivity index (χ0) is 7.23. The molecule has 1 saturated heterocycles. The van der Waals surface area contributed by atoms with Gasteiger partial charge in [0.1, 0.15) is 0 Å². The predicted octanol–water partition coefficient (Wildman–Crippen LogP) is 1.25. The van der Waals surface area contributed by atoms with Gasteiger partial charge in [0.15, 0.2) is 0 Å². The highest BCUT2D eigenvalue weighted by atomic mass is 35.5. The van der Waals surface area contributed by atoms with Crippen molar-refractivity contribution in [1.29, 1.82) is 0 Å².